The summed E-state index contributed by atoms with van der Waals surface area (Å²) in [5.41, 5.74) is 1.64. The van der Waals surface area contributed by atoms with Crippen LogP contribution in [-0.4, -0.2) is 25.0 Å². The van der Waals surface area contributed by atoms with Crippen molar-refractivity contribution in [2.45, 2.75) is 18.9 Å². The van der Waals surface area contributed by atoms with E-state index in [0.717, 1.165) is 17.7 Å². The Bertz CT molecular complexity index is 685. The molecule has 2 aromatic rings. The Labute approximate surface area is 138 Å². The maximum atomic E-state index is 12.1. The first-order chi connectivity index (χ1) is 11.2. The van der Waals surface area contributed by atoms with Crippen molar-refractivity contribution in [2.75, 3.05) is 13.2 Å². The zero-order valence-corrected chi connectivity index (χ0v) is 13.4. The van der Waals surface area contributed by atoms with Gasteiger partial charge in [-0.2, -0.15) is 11.3 Å². The minimum Gasteiger partial charge on any atom is -0.493 e. The molecule has 2 N–H and O–H groups in total. The van der Waals surface area contributed by atoms with E-state index in [1.807, 2.05) is 29.6 Å². The van der Waals surface area contributed by atoms with Gasteiger partial charge >= 0.3 is 0 Å². The molecule has 1 aromatic heterocycles. The predicted molar refractivity (Wildman–Crippen MR) is 88.7 cm³/mol. The number of amides is 2. The monoisotopic (exact) mass is 330 g/mol. The number of hydrogen-bond acceptors (Lipinski definition) is 4. The van der Waals surface area contributed by atoms with Crippen LogP contribution >= 0.6 is 11.3 Å². The van der Waals surface area contributed by atoms with Gasteiger partial charge in [-0.3, -0.25) is 9.59 Å². The van der Waals surface area contributed by atoms with Crippen LogP contribution in [0.15, 0.2) is 41.1 Å². The van der Waals surface area contributed by atoms with E-state index in [2.05, 4.69) is 10.6 Å². The SMILES string of the molecule is O=C(CCNC(=O)c1ccsc1)NC1CCOc2ccccc21. The molecule has 6 heteroatoms. The van der Waals surface area contributed by atoms with Gasteiger partial charge in [0, 0.05) is 35.9 Å². The van der Waals surface area contributed by atoms with Gasteiger partial charge in [0.15, 0.2) is 0 Å². The molecule has 1 atom stereocenters. The third-order valence-corrected chi connectivity index (χ3v) is 4.40. The van der Waals surface area contributed by atoms with Crippen molar-refractivity contribution in [3.05, 3.63) is 52.2 Å². The van der Waals surface area contributed by atoms with Gasteiger partial charge in [0.1, 0.15) is 5.75 Å². The van der Waals surface area contributed by atoms with E-state index < -0.39 is 0 Å². The average molecular weight is 330 g/mol. The average Bonchev–Trinajstić information content (AvgIpc) is 3.10. The second-order valence-electron chi connectivity index (χ2n) is 5.31. The molecule has 1 aromatic carbocycles. The standard InChI is InChI=1S/C17H18N2O3S/c20-16(5-8-18-17(21)12-7-10-23-11-12)19-14-6-9-22-15-4-2-1-3-13(14)15/h1-4,7,10-11,14H,5-6,8-9H2,(H,18,21)(H,19,20). The summed E-state index contributed by atoms with van der Waals surface area (Å²) in [4.78, 5) is 23.9. The molecule has 0 radical (unpaired) electrons. The number of thiophene rings is 1. The first-order valence-corrected chi connectivity index (χ1v) is 8.50. The maximum absolute atomic E-state index is 12.1. The molecule has 5 nitrogen and oxygen atoms in total. The summed E-state index contributed by atoms with van der Waals surface area (Å²) in [6.07, 6.45) is 1.01. The van der Waals surface area contributed by atoms with E-state index in [1.54, 1.807) is 11.4 Å². The van der Waals surface area contributed by atoms with Crippen LogP contribution in [0.4, 0.5) is 0 Å². The quantitative estimate of drug-likeness (QED) is 0.885. The van der Waals surface area contributed by atoms with Crippen molar-refractivity contribution in [3.8, 4) is 5.75 Å². The normalized spacial score (nSPS) is 16.1. The zero-order chi connectivity index (χ0) is 16.1. The number of rotatable bonds is 5. The molecule has 0 bridgehead atoms. The summed E-state index contributed by atoms with van der Waals surface area (Å²) < 4.78 is 5.58. The molecule has 0 fully saturated rings. The Hall–Kier alpha value is -2.34. The second-order valence-corrected chi connectivity index (χ2v) is 6.09. The van der Waals surface area contributed by atoms with Gasteiger partial charge in [0.05, 0.1) is 12.6 Å². The third-order valence-electron chi connectivity index (χ3n) is 3.71. The lowest BCUT2D eigenvalue weighted by atomic mass is 10.0. The molecule has 0 saturated carbocycles. The van der Waals surface area contributed by atoms with Crippen molar-refractivity contribution < 1.29 is 14.3 Å². The summed E-state index contributed by atoms with van der Waals surface area (Å²) in [6, 6.07) is 9.47. The third kappa shape index (κ3) is 3.90. The van der Waals surface area contributed by atoms with Crippen LogP contribution in [0.3, 0.4) is 0 Å². The van der Waals surface area contributed by atoms with Gasteiger partial charge in [0.2, 0.25) is 5.91 Å². The summed E-state index contributed by atoms with van der Waals surface area (Å²) in [5.74, 6) is 0.614. The molecule has 120 valence electrons. The van der Waals surface area contributed by atoms with Gasteiger partial charge in [-0.25, -0.2) is 0 Å². The van der Waals surface area contributed by atoms with Crippen molar-refractivity contribution in [1.29, 1.82) is 0 Å². The van der Waals surface area contributed by atoms with Gasteiger partial charge in [-0.05, 0) is 17.5 Å². The van der Waals surface area contributed by atoms with Gasteiger partial charge in [-0.15, -0.1) is 0 Å². The highest BCUT2D eigenvalue weighted by atomic mass is 32.1. The molecular formula is C17H18N2O3S. The highest BCUT2D eigenvalue weighted by molar-refractivity contribution is 7.08. The fourth-order valence-corrected chi connectivity index (χ4v) is 3.18. The van der Waals surface area contributed by atoms with E-state index in [0.29, 0.717) is 18.7 Å². The minimum atomic E-state index is -0.143. The number of carbonyl (C=O) groups is 2. The highest BCUT2D eigenvalue weighted by Gasteiger charge is 2.22. The van der Waals surface area contributed by atoms with Crippen LogP contribution in [0.25, 0.3) is 0 Å². The number of benzene rings is 1. The molecule has 0 aliphatic carbocycles. The first-order valence-electron chi connectivity index (χ1n) is 7.55. The van der Waals surface area contributed by atoms with Crippen molar-refractivity contribution in [1.82, 2.24) is 10.6 Å². The summed E-state index contributed by atoms with van der Waals surface area (Å²) in [7, 11) is 0. The van der Waals surface area contributed by atoms with E-state index in [-0.39, 0.29) is 24.3 Å². The molecule has 2 amide bonds. The molecule has 1 aliphatic rings. The molecule has 1 unspecified atom stereocenters. The fraction of sp³-hybridized carbons (Fsp3) is 0.294. The smallest absolute Gasteiger partial charge is 0.252 e. The summed E-state index contributed by atoms with van der Waals surface area (Å²) in [6.45, 7) is 0.919. The highest BCUT2D eigenvalue weighted by Crippen LogP contribution is 2.31. The van der Waals surface area contributed by atoms with E-state index in [9.17, 15) is 9.59 Å². The van der Waals surface area contributed by atoms with E-state index >= 15 is 0 Å². The Morgan fingerprint density at radius 2 is 2.13 bits per heavy atom. The molecule has 1 aliphatic heterocycles. The predicted octanol–water partition coefficient (Wildman–Crippen LogP) is 2.51. The van der Waals surface area contributed by atoms with Gasteiger partial charge in [0.25, 0.3) is 5.91 Å². The van der Waals surface area contributed by atoms with Crippen molar-refractivity contribution in [3.63, 3.8) is 0 Å². The lowest BCUT2D eigenvalue weighted by Crippen LogP contribution is -2.34. The summed E-state index contributed by atoms with van der Waals surface area (Å²) >= 11 is 1.47. The zero-order valence-electron chi connectivity index (χ0n) is 12.6. The molecule has 0 spiro atoms. The first kappa shape index (κ1) is 15.6. The second kappa shape index (κ2) is 7.28. The minimum absolute atomic E-state index is 0.0278. The number of para-hydroxylation sites is 1. The Morgan fingerprint density at radius 1 is 1.26 bits per heavy atom. The number of ether oxygens (including phenoxy) is 1. The molecular weight excluding hydrogens is 312 g/mol. The molecule has 0 saturated heterocycles. The molecule has 2 heterocycles. The van der Waals surface area contributed by atoms with Crippen LogP contribution in [0, 0.1) is 0 Å². The van der Waals surface area contributed by atoms with Crippen molar-refractivity contribution in [2.24, 2.45) is 0 Å². The maximum Gasteiger partial charge on any atom is 0.252 e. The van der Waals surface area contributed by atoms with Gasteiger partial charge in [-0.1, -0.05) is 18.2 Å². The number of fused-ring (bicyclic) bond motifs is 1. The lowest BCUT2D eigenvalue weighted by Gasteiger charge is -2.26. The van der Waals surface area contributed by atoms with Crippen molar-refractivity contribution >= 4 is 23.2 Å². The Kier molecular flexibility index (Phi) is 4.92. The topological polar surface area (TPSA) is 67.4 Å². The number of hydrogen-bond donors (Lipinski definition) is 2. The summed E-state index contributed by atoms with van der Waals surface area (Å²) in [5, 5.41) is 9.41. The van der Waals surface area contributed by atoms with Crippen LogP contribution < -0.4 is 15.4 Å². The Balaban J connectivity index is 1.48. The largest absolute Gasteiger partial charge is 0.493 e. The lowest BCUT2D eigenvalue weighted by molar-refractivity contribution is -0.121. The van der Waals surface area contributed by atoms with Crippen LogP contribution in [-0.2, 0) is 4.79 Å². The van der Waals surface area contributed by atoms with Crippen LogP contribution in [0.5, 0.6) is 5.75 Å². The van der Waals surface area contributed by atoms with E-state index in [4.69, 9.17) is 4.74 Å². The van der Waals surface area contributed by atoms with E-state index in [1.165, 1.54) is 11.3 Å². The van der Waals surface area contributed by atoms with Gasteiger partial charge < -0.3 is 15.4 Å². The molecule has 23 heavy (non-hydrogen) atoms. The fourth-order valence-electron chi connectivity index (χ4n) is 2.54. The molecule has 3 rings (SSSR count). The number of carbonyl (C=O) groups excluding carboxylic acids is 2. The van der Waals surface area contributed by atoms with Crippen LogP contribution in [0.1, 0.15) is 34.8 Å². The Morgan fingerprint density at radius 3 is 2.96 bits per heavy atom. The van der Waals surface area contributed by atoms with Crippen LogP contribution in [0.2, 0.25) is 0 Å². The number of nitrogens with one attached hydrogen (secondary N) is 2.